The average molecular weight is 345 g/mol. The van der Waals surface area contributed by atoms with Crippen molar-refractivity contribution < 1.29 is 14.4 Å². The van der Waals surface area contributed by atoms with Gasteiger partial charge >= 0.3 is 0 Å². The van der Waals surface area contributed by atoms with Gasteiger partial charge in [-0.05, 0) is 30.9 Å². The summed E-state index contributed by atoms with van der Waals surface area (Å²) in [5.41, 5.74) is 1.90. The molecular weight excluding hydrogens is 318 g/mol. The molecule has 136 valence electrons. The second-order valence-corrected chi connectivity index (χ2v) is 6.58. The molecule has 25 heavy (non-hydrogen) atoms. The molecule has 1 aromatic carbocycles. The molecule has 1 N–H and O–H groups in total. The molecule has 0 aliphatic carbocycles. The molecule has 6 nitrogen and oxygen atoms in total. The zero-order chi connectivity index (χ0) is 18.6. The van der Waals surface area contributed by atoms with E-state index in [1.807, 2.05) is 31.2 Å². The quantitative estimate of drug-likeness (QED) is 0.879. The van der Waals surface area contributed by atoms with E-state index in [4.69, 9.17) is 0 Å². The van der Waals surface area contributed by atoms with Gasteiger partial charge in [0.25, 0.3) is 0 Å². The number of hydrogen-bond donors (Lipinski definition) is 1. The molecule has 3 amide bonds. The molecule has 0 aromatic heterocycles. The summed E-state index contributed by atoms with van der Waals surface area (Å²) in [5.74, 6) is -0.529. The standard InChI is InChI=1S/C19H27N3O3/c1-5-8-16(23)22(4)13(2)18(24)20-17-15-10-7-6-9-14(15)11-12-21(3)19(17)25/h6-7,9-10,13,17H,5,8,11-12H2,1-4H3,(H,20,24)/t13-,17-/m0/s1. The van der Waals surface area contributed by atoms with E-state index < -0.39 is 12.1 Å². The van der Waals surface area contributed by atoms with Crippen LogP contribution in [0.2, 0.25) is 0 Å². The molecule has 0 saturated carbocycles. The van der Waals surface area contributed by atoms with Gasteiger partial charge < -0.3 is 15.1 Å². The third-order valence-electron chi connectivity index (χ3n) is 4.81. The smallest absolute Gasteiger partial charge is 0.249 e. The van der Waals surface area contributed by atoms with Gasteiger partial charge in [-0.1, -0.05) is 31.2 Å². The van der Waals surface area contributed by atoms with Gasteiger partial charge in [-0.25, -0.2) is 0 Å². The van der Waals surface area contributed by atoms with E-state index in [0.717, 1.165) is 24.0 Å². The lowest BCUT2D eigenvalue weighted by Crippen LogP contribution is -2.49. The molecule has 0 fully saturated rings. The number of fused-ring (bicyclic) bond motifs is 1. The predicted molar refractivity (Wildman–Crippen MR) is 95.8 cm³/mol. The van der Waals surface area contributed by atoms with Crippen molar-refractivity contribution >= 4 is 17.7 Å². The van der Waals surface area contributed by atoms with Crippen LogP contribution in [0.25, 0.3) is 0 Å². The minimum atomic E-state index is -0.715. The Balaban J connectivity index is 2.20. The van der Waals surface area contributed by atoms with Gasteiger partial charge in [0.1, 0.15) is 12.1 Å². The highest BCUT2D eigenvalue weighted by atomic mass is 16.2. The van der Waals surface area contributed by atoms with Crippen molar-refractivity contribution in [1.82, 2.24) is 15.1 Å². The van der Waals surface area contributed by atoms with Crippen LogP contribution in [0, 0.1) is 0 Å². The maximum absolute atomic E-state index is 12.7. The highest BCUT2D eigenvalue weighted by Crippen LogP contribution is 2.24. The number of carbonyl (C=O) groups is 3. The predicted octanol–water partition coefficient (Wildman–Crippen LogP) is 1.51. The van der Waals surface area contributed by atoms with E-state index >= 15 is 0 Å². The Morgan fingerprint density at radius 3 is 2.72 bits per heavy atom. The monoisotopic (exact) mass is 345 g/mol. The Morgan fingerprint density at radius 1 is 1.36 bits per heavy atom. The van der Waals surface area contributed by atoms with Crippen LogP contribution in [0.4, 0.5) is 0 Å². The molecule has 2 atom stereocenters. The Bertz CT molecular complexity index is 659. The van der Waals surface area contributed by atoms with Crippen LogP contribution in [-0.2, 0) is 20.8 Å². The normalized spacial score (nSPS) is 18.2. The SMILES string of the molecule is CCCC(=O)N(C)[C@@H](C)C(=O)N[C@@H]1C(=O)N(C)CCc2ccccc21. The summed E-state index contributed by atoms with van der Waals surface area (Å²) in [4.78, 5) is 40.5. The molecule has 2 rings (SSSR count). The molecule has 6 heteroatoms. The average Bonchev–Trinajstić information content (AvgIpc) is 2.73. The van der Waals surface area contributed by atoms with Crippen molar-refractivity contribution in [3.63, 3.8) is 0 Å². The third kappa shape index (κ3) is 4.18. The van der Waals surface area contributed by atoms with Crippen LogP contribution in [0.1, 0.15) is 43.9 Å². The van der Waals surface area contributed by atoms with Crippen molar-refractivity contribution in [3.05, 3.63) is 35.4 Å². The van der Waals surface area contributed by atoms with Crippen molar-refractivity contribution in [2.45, 2.75) is 45.2 Å². The maximum atomic E-state index is 12.7. The molecule has 1 aromatic rings. The van der Waals surface area contributed by atoms with Crippen LogP contribution in [-0.4, -0.2) is 54.2 Å². The topological polar surface area (TPSA) is 69.7 Å². The summed E-state index contributed by atoms with van der Waals surface area (Å²) in [7, 11) is 3.37. The van der Waals surface area contributed by atoms with Gasteiger partial charge in [-0.2, -0.15) is 0 Å². The number of amides is 3. The van der Waals surface area contributed by atoms with Crippen molar-refractivity contribution in [1.29, 1.82) is 0 Å². The summed E-state index contributed by atoms with van der Waals surface area (Å²) in [5, 5.41) is 2.85. The van der Waals surface area contributed by atoms with E-state index in [9.17, 15) is 14.4 Å². The molecule has 1 aliphatic heterocycles. The summed E-state index contributed by atoms with van der Waals surface area (Å²) in [6.45, 7) is 4.22. The fourth-order valence-electron chi connectivity index (χ4n) is 2.98. The number of hydrogen-bond acceptors (Lipinski definition) is 3. The van der Waals surface area contributed by atoms with E-state index in [0.29, 0.717) is 13.0 Å². The second kappa shape index (κ2) is 8.14. The zero-order valence-corrected chi connectivity index (χ0v) is 15.4. The fourth-order valence-corrected chi connectivity index (χ4v) is 2.98. The molecule has 0 radical (unpaired) electrons. The molecule has 0 unspecified atom stereocenters. The first-order valence-electron chi connectivity index (χ1n) is 8.75. The van der Waals surface area contributed by atoms with Crippen LogP contribution in [0.5, 0.6) is 0 Å². The Kier molecular flexibility index (Phi) is 6.17. The molecule has 0 bridgehead atoms. The first kappa shape index (κ1) is 19.0. The lowest BCUT2D eigenvalue weighted by atomic mass is 9.99. The summed E-state index contributed by atoms with van der Waals surface area (Å²) in [6, 6.07) is 6.33. The van der Waals surface area contributed by atoms with E-state index in [2.05, 4.69) is 5.32 Å². The van der Waals surface area contributed by atoms with Gasteiger partial charge in [0.2, 0.25) is 17.7 Å². The van der Waals surface area contributed by atoms with Crippen LogP contribution in [0.15, 0.2) is 24.3 Å². The second-order valence-electron chi connectivity index (χ2n) is 6.58. The molecule has 0 saturated heterocycles. The van der Waals surface area contributed by atoms with E-state index in [1.54, 1.807) is 25.9 Å². The Hall–Kier alpha value is -2.37. The first-order chi connectivity index (χ1) is 11.9. The number of benzene rings is 1. The van der Waals surface area contributed by atoms with Gasteiger partial charge in [0.15, 0.2) is 0 Å². The van der Waals surface area contributed by atoms with Gasteiger partial charge in [-0.3, -0.25) is 14.4 Å². The molecular formula is C19H27N3O3. The highest BCUT2D eigenvalue weighted by Gasteiger charge is 2.32. The van der Waals surface area contributed by atoms with Crippen molar-refractivity contribution in [2.75, 3.05) is 20.6 Å². The number of rotatable bonds is 5. The van der Waals surface area contributed by atoms with Crippen LogP contribution < -0.4 is 5.32 Å². The summed E-state index contributed by atoms with van der Waals surface area (Å²) < 4.78 is 0. The van der Waals surface area contributed by atoms with Gasteiger partial charge in [0, 0.05) is 27.1 Å². The van der Waals surface area contributed by atoms with E-state index in [-0.39, 0.29) is 17.7 Å². The molecule has 1 aliphatic rings. The number of likely N-dealkylation sites (N-methyl/N-ethyl adjacent to an activating group) is 2. The van der Waals surface area contributed by atoms with Crippen molar-refractivity contribution in [2.24, 2.45) is 0 Å². The maximum Gasteiger partial charge on any atom is 0.249 e. The fraction of sp³-hybridized carbons (Fsp3) is 0.526. The number of carbonyl (C=O) groups excluding carboxylic acids is 3. The largest absolute Gasteiger partial charge is 0.343 e. The lowest BCUT2D eigenvalue weighted by Gasteiger charge is -2.27. The first-order valence-corrected chi connectivity index (χ1v) is 8.75. The Labute approximate surface area is 149 Å². The minimum absolute atomic E-state index is 0.0742. The summed E-state index contributed by atoms with van der Waals surface area (Å²) >= 11 is 0. The lowest BCUT2D eigenvalue weighted by molar-refractivity contribution is -0.140. The summed E-state index contributed by atoms with van der Waals surface area (Å²) in [6.07, 6.45) is 1.90. The number of nitrogens with zero attached hydrogens (tertiary/aromatic N) is 2. The highest BCUT2D eigenvalue weighted by molar-refractivity contribution is 5.92. The van der Waals surface area contributed by atoms with Crippen molar-refractivity contribution in [3.8, 4) is 0 Å². The molecule has 1 heterocycles. The van der Waals surface area contributed by atoms with Crippen LogP contribution in [0.3, 0.4) is 0 Å². The van der Waals surface area contributed by atoms with E-state index in [1.165, 1.54) is 4.90 Å². The third-order valence-corrected chi connectivity index (χ3v) is 4.81. The zero-order valence-electron chi connectivity index (χ0n) is 15.4. The molecule has 0 spiro atoms. The van der Waals surface area contributed by atoms with Crippen LogP contribution >= 0.6 is 0 Å². The number of nitrogens with one attached hydrogen (secondary N) is 1. The minimum Gasteiger partial charge on any atom is -0.343 e. The van der Waals surface area contributed by atoms with Gasteiger partial charge in [-0.15, -0.1) is 0 Å². The van der Waals surface area contributed by atoms with Gasteiger partial charge in [0.05, 0.1) is 0 Å². The Morgan fingerprint density at radius 2 is 2.04 bits per heavy atom.